The summed E-state index contributed by atoms with van der Waals surface area (Å²) in [5.74, 6) is 3.26. The maximum Gasteiger partial charge on any atom is 0.269 e. The molecule has 1 atom stereocenters. The minimum Gasteiger partial charge on any atom is -0.352 e. The predicted octanol–water partition coefficient (Wildman–Crippen LogP) is 4.02. The van der Waals surface area contributed by atoms with Crippen LogP contribution in [0.25, 0.3) is 0 Å². The zero-order valence-corrected chi connectivity index (χ0v) is 15.2. The molecule has 4 aliphatic carbocycles. The molecule has 4 saturated carbocycles. The first kappa shape index (κ1) is 16.9. The summed E-state index contributed by atoms with van der Waals surface area (Å²) >= 11 is 1.46. The molecule has 1 amide bonds. The highest BCUT2D eigenvalue weighted by atomic mass is 32.2. The van der Waals surface area contributed by atoms with E-state index >= 15 is 0 Å². The number of carbonyl (C=O) groups excluding carboxylic acids is 1. The number of amides is 1. The van der Waals surface area contributed by atoms with Crippen molar-refractivity contribution in [3.63, 3.8) is 0 Å². The Kier molecular flexibility index (Phi) is 4.48. The lowest BCUT2D eigenvalue weighted by Gasteiger charge is -2.54. The Morgan fingerprint density at radius 2 is 1.68 bits per heavy atom. The highest BCUT2D eigenvalue weighted by molar-refractivity contribution is 8.00. The molecule has 4 aliphatic rings. The van der Waals surface area contributed by atoms with Gasteiger partial charge in [-0.25, -0.2) is 0 Å². The van der Waals surface area contributed by atoms with Crippen molar-refractivity contribution in [3.05, 3.63) is 34.4 Å². The van der Waals surface area contributed by atoms with E-state index in [1.807, 2.05) is 6.92 Å². The maximum atomic E-state index is 12.7. The lowest BCUT2D eigenvalue weighted by Crippen LogP contribution is -2.56. The van der Waals surface area contributed by atoms with E-state index in [-0.39, 0.29) is 16.8 Å². The summed E-state index contributed by atoms with van der Waals surface area (Å²) < 4.78 is 0. The standard InChI is InChI=1S/C19H24N2O3S/c1-11(25-17-4-2-16(3-5-17)21(23)24)19(22)20-18-14-7-12-6-13(9-14)10-15(18)8-12/h2-5,11-15,18H,6-10H2,1H3,(H,20,22). The van der Waals surface area contributed by atoms with E-state index in [1.165, 1.54) is 56.0 Å². The van der Waals surface area contributed by atoms with Gasteiger partial charge in [0.15, 0.2) is 0 Å². The number of thioether (sulfide) groups is 1. The molecule has 1 aromatic rings. The zero-order valence-electron chi connectivity index (χ0n) is 14.4. The van der Waals surface area contributed by atoms with Crippen LogP contribution < -0.4 is 5.32 Å². The van der Waals surface area contributed by atoms with Crippen molar-refractivity contribution in [3.8, 4) is 0 Å². The summed E-state index contributed by atoms with van der Waals surface area (Å²) in [5.41, 5.74) is 0.0788. The Labute approximate surface area is 152 Å². The Balaban J connectivity index is 1.35. The number of benzene rings is 1. The third-order valence-corrected chi connectivity index (χ3v) is 7.38. The molecule has 25 heavy (non-hydrogen) atoms. The van der Waals surface area contributed by atoms with Gasteiger partial charge in [0.25, 0.3) is 5.69 Å². The van der Waals surface area contributed by atoms with Crippen LogP contribution in [-0.4, -0.2) is 22.1 Å². The number of nitro groups is 1. The quantitative estimate of drug-likeness (QED) is 0.489. The van der Waals surface area contributed by atoms with Gasteiger partial charge >= 0.3 is 0 Å². The van der Waals surface area contributed by atoms with Gasteiger partial charge < -0.3 is 5.32 Å². The van der Waals surface area contributed by atoms with E-state index in [0.717, 1.165) is 16.7 Å². The molecule has 1 unspecified atom stereocenters. The SMILES string of the molecule is CC(Sc1ccc([N+](=O)[O-])cc1)C(=O)NC1C2CC3CC(C2)CC1C3. The van der Waals surface area contributed by atoms with E-state index in [4.69, 9.17) is 0 Å². The third kappa shape index (κ3) is 3.41. The van der Waals surface area contributed by atoms with Crippen molar-refractivity contribution in [1.29, 1.82) is 0 Å². The summed E-state index contributed by atoms with van der Waals surface area (Å²) in [7, 11) is 0. The number of hydrogen-bond acceptors (Lipinski definition) is 4. The lowest BCUT2D eigenvalue weighted by molar-refractivity contribution is -0.384. The minimum atomic E-state index is -0.406. The summed E-state index contributed by atoms with van der Waals surface area (Å²) in [4.78, 5) is 23.9. The van der Waals surface area contributed by atoms with Crippen LogP contribution in [0, 0.1) is 33.8 Å². The van der Waals surface area contributed by atoms with Crippen LogP contribution in [0.4, 0.5) is 5.69 Å². The molecular formula is C19H24N2O3S. The van der Waals surface area contributed by atoms with E-state index < -0.39 is 4.92 Å². The number of nitro benzene ring substituents is 1. The van der Waals surface area contributed by atoms with Gasteiger partial charge in [-0.15, -0.1) is 11.8 Å². The number of nitrogens with zero attached hydrogens (tertiary/aromatic N) is 1. The molecule has 0 radical (unpaired) electrons. The van der Waals surface area contributed by atoms with Gasteiger partial charge in [0.1, 0.15) is 0 Å². The van der Waals surface area contributed by atoms with Crippen molar-refractivity contribution in [2.45, 2.75) is 55.2 Å². The molecule has 6 heteroatoms. The molecule has 5 nitrogen and oxygen atoms in total. The van der Waals surface area contributed by atoms with Gasteiger partial charge in [-0.05, 0) is 74.8 Å². The minimum absolute atomic E-state index is 0.0788. The Morgan fingerprint density at radius 1 is 1.12 bits per heavy atom. The van der Waals surface area contributed by atoms with Crippen LogP contribution in [-0.2, 0) is 4.79 Å². The molecule has 0 saturated heterocycles. The number of hydrogen-bond donors (Lipinski definition) is 1. The number of non-ortho nitro benzene ring substituents is 1. The summed E-state index contributed by atoms with van der Waals surface area (Å²) in [6.07, 6.45) is 6.59. The highest BCUT2D eigenvalue weighted by Gasteiger charge is 2.48. The summed E-state index contributed by atoms with van der Waals surface area (Å²) in [6.45, 7) is 1.91. The molecule has 1 aromatic carbocycles. The molecule has 0 heterocycles. The van der Waals surface area contributed by atoms with Gasteiger partial charge in [-0.3, -0.25) is 14.9 Å². The average Bonchev–Trinajstić information content (AvgIpc) is 2.57. The second-order valence-electron chi connectivity index (χ2n) is 7.98. The highest BCUT2D eigenvalue weighted by Crippen LogP contribution is 2.53. The van der Waals surface area contributed by atoms with Crippen molar-refractivity contribution in [1.82, 2.24) is 5.32 Å². The normalized spacial score (nSPS) is 33.9. The number of carbonyl (C=O) groups is 1. The molecule has 0 aliphatic heterocycles. The van der Waals surface area contributed by atoms with Crippen molar-refractivity contribution in [2.24, 2.45) is 23.7 Å². The van der Waals surface area contributed by atoms with E-state index in [0.29, 0.717) is 17.9 Å². The Bertz CT molecular complexity index is 648. The molecular weight excluding hydrogens is 336 g/mol. The predicted molar refractivity (Wildman–Crippen MR) is 97.4 cm³/mol. The van der Waals surface area contributed by atoms with Crippen LogP contribution in [0.1, 0.15) is 39.0 Å². The van der Waals surface area contributed by atoms with Gasteiger partial charge in [-0.2, -0.15) is 0 Å². The average molecular weight is 360 g/mol. The van der Waals surface area contributed by atoms with Gasteiger partial charge in [-0.1, -0.05) is 0 Å². The van der Waals surface area contributed by atoms with Crippen molar-refractivity contribution >= 4 is 23.4 Å². The molecule has 134 valence electrons. The fraction of sp³-hybridized carbons (Fsp3) is 0.632. The zero-order chi connectivity index (χ0) is 17.6. The third-order valence-electron chi connectivity index (χ3n) is 6.27. The second-order valence-corrected chi connectivity index (χ2v) is 9.39. The second kappa shape index (κ2) is 6.63. The van der Waals surface area contributed by atoms with Gasteiger partial charge in [0, 0.05) is 23.1 Å². The Morgan fingerprint density at radius 3 is 2.20 bits per heavy atom. The smallest absolute Gasteiger partial charge is 0.269 e. The topological polar surface area (TPSA) is 72.2 Å². The fourth-order valence-corrected chi connectivity index (χ4v) is 6.22. The van der Waals surface area contributed by atoms with Crippen LogP contribution in [0.5, 0.6) is 0 Å². The largest absolute Gasteiger partial charge is 0.352 e. The molecule has 0 spiro atoms. The van der Waals surface area contributed by atoms with E-state index in [9.17, 15) is 14.9 Å². The molecule has 1 N–H and O–H groups in total. The van der Waals surface area contributed by atoms with Crippen LogP contribution in [0.2, 0.25) is 0 Å². The first-order valence-corrected chi connectivity index (χ1v) is 10.1. The summed E-state index contributed by atoms with van der Waals surface area (Å²) in [6, 6.07) is 6.78. The van der Waals surface area contributed by atoms with E-state index in [1.54, 1.807) is 12.1 Å². The number of rotatable bonds is 5. The van der Waals surface area contributed by atoms with Crippen LogP contribution in [0.15, 0.2) is 29.2 Å². The van der Waals surface area contributed by atoms with Gasteiger partial charge in [0.05, 0.1) is 10.2 Å². The Hall–Kier alpha value is -1.56. The first-order valence-electron chi connectivity index (χ1n) is 9.21. The molecule has 5 rings (SSSR count). The van der Waals surface area contributed by atoms with Crippen molar-refractivity contribution in [2.75, 3.05) is 0 Å². The number of nitrogens with one attached hydrogen (secondary N) is 1. The van der Waals surface area contributed by atoms with E-state index in [2.05, 4.69) is 5.32 Å². The lowest BCUT2D eigenvalue weighted by atomic mass is 9.54. The first-order chi connectivity index (χ1) is 12.0. The molecule has 4 fully saturated rings. The fourth-order valence-electron chi connectivity index (χ4n) is 5.35. The van der Waals surface area contributed by atoms with Crippen LogP contribution in [0.3, 0.4) is 0 Å². The molecule has 0 aromatic heterocycles. The molecule has 4 bridgehead atoms. The maximum absolute atomic E-state index is 12.7. The summed E-state index contributed by atoms with van der Waals surface area (Å²) in [5, 5.41) is 13.9. The monoisotopic (exact) mass is 360 g/mol. The van der Waals surface area contributed by atoms with Crippen LogP contribution >= 0.6 is 11.8 Å². The van der Waals surface area contributed by atoms with Crippen molar-refractivity contribution < 1.29 is 9.72 Å². The van der Waals surface area contributed by atoms with Gasteiger partial charge in [0.2, 0.25) is 5.91 Å².